The van der Waals surface area contributed by atoms with E-state index in [1.54, 1.807) is 0 Å². The summed E-state index contributed by atoms with van der Waals surface area (Å²) in [6, 6.07) is 9.31. The quantitative estimate of drug-likeness (QED) is 0.844. The fourth-order valence-electron chi connectivity index (χ4n) is 3.18. The number of amides is 1. The van der Waals surface area contributed by atoms with Crippen LogP contribution in [0.3, 0.4) is 0 Å². The minimum absolute atomic E-state index is 0.144. The van der Waals surface area contributed by atoms with E-state index in [2.05, 4.69) is 5.32 Å². The maximum atomic E-state index is 12.7. The molecule has 1 atom stereocenters. The van der Waals surface area contributed by atoms with Gasteiger partial charge >= 0.3 is 6.09 Å². The van der Waals surface area contributed by atoms with Gasteiger partial charge in [-0.05, 0) is 39.2 Å². The van der Waals surface area contributed by atoms with Crippen molar-refractivity contribution in [2.75, 3.05) is 0 Å². The first-order chi connectivity index (χ1) is 11.3. The van der Waals surface area contributed by atoms with E-state index in [1.807, 2.05) is 51.1 Å². The number of Topliss-reactive ketones (excluding diaryl/α,β-unsaturated/α-hetero) is 1. The van der Waals surface area contributed by atoms with Gasteiger partial charge in [0.2, 0.25) is 0 Å². The van der Waals surface area contributed by atoms with Gasteiger partial charge in [0.15, 0.2) is 0 Å². The van der Waals surface area contributed by atoms with Crippen molar-refractivity contribution in [3.8, 4) is 0 Å². The summed E-state index contributed by atoms with van der Waals surface area (Å²) in [5, 5.41) is 2.88. The number of ketones is 1. The van der Waals surface area contributed by atoms with E-state index in [0.29, 0.717) is 6.42 Å². The molecule has 0 aromatic heterocycles. The molecule has 4 nitrogen and oxygen atoms in total. The van der Waals surface area contributed by atoms with E-state index in [9.17, 15) is 9.59 Å². The molecule has 1 aliphatic rings. The van der Waals surface area contributed by atoms with Crippen LogP contribution in [0.1, 0.15) is 70.9 Å². The first-order valence-corrected chi connectivity index (χ1v) is 8.92. The molecule has 0 bridgehead atoms. The largest absolute Gasteiger partial charge is 0.444 e. The normalized spacial score (nSPS) is 17.1. The zero-order valence-corrected chi connectivity index (χ0v) is 15.0. The van der Waals surface area contributed by atoms with Crippen molar-refractivity contribution in [1.29, 1.82) is 0 Å². The molecule has 0 aliphatic heterocycles. The molecule has 1 aromatic carbocycles. The molecule has 1 fully saturated rings. The average Bonchev–Trinajstić information content (AvgIpc) is 2.54. The van der Waals surface area contributed by atoms with E-state index in [0.717, 1.165) is 31.2 Å². The molecular formula is C20H29NO3. The lowest BCUT2D eigenvalue weighted by Crippen LogP contribution is -2.36. The van der Waals surface area contributed by atoms with Gasteiger partial charge in [-0.15, -0.1) is 0 Å². The van der Waals surface area contributed by atoms with Gasteiger partial charge in [0.1, 0.15) is 11.4 Å². The Morgan fingerprint density at radius 2 is 1.75 bits per heavy atom. The Morgan fingerprint density at radius 3 is 2.33 bits per heavy atom. The van der Waals surface area contributed by atoms with Crippen LogP contribution in [0.4, 0.5) is 4.79 Å². The van der Waals surface area contributed by atoms with Gasteiger partial charge in [-0.1, -0.05) is 49.6 Å². The number of hydrogen-bond acceptors (Lipinski definition) is 3. The summed E-state index contributed by atoms with van der Waals surface area (Å²) in [5.41, 5.74) is 0.381. The summed E-state index contributed by atoms with van der Waals surface area (Å²) in [7, 11) is 0. The van der Waals surface area contributed by atoms with Gasteiger partial charge in [0.25, 0.3) is 0 Å². The molecule has 1 aliphatic carbocycles. The summed E-state index contributed by atoms with van der Waals surface area (Å²) in [6.07, 6.45) is 5.29. The molecule has 132 valence electrons. The molecular weight excluding hydrogens is 302 g/mol. The molecule has 0 radical (unpaired) electrons. The Kier molecular flexibility index (Phi) is 6.41. The molecule has 0 spiro atoms. The van der Waals surface area contributed by atoms with E-state index in [4.69, 9.17) is 4.74 Å². The van der Waals surface area contributed by atoms with Crippen molar-refractivity contribution >= 4 is 11.9 Å². The standard InChI is InChI=1S/C20H29NO3/c1-20(2,3)24-19(23)21-17(15-10-6-4-7-11-15)14-18(22)16-12-8-5-9-13-16/h4,6-7,10-11,16-17H,5,8-9,12-14H2,1-3H3,(H,21,23). The highest BCUT2D eigenvalue weighted by Gasteiger charge is 2.27. The average molecular weight is 331 g/mol. The first-order valence-electron chi connectivity index (χ1n) is 8.92. The van der Waals surface area contributed by atoms with Crippen LogP contribution in [0.5, 0.6) is 0 Å². The second-order valence-electron chi connectivity index (χ2n) is 7.61. The third-order valence-corrected chi connectivity index (χ3v) is 4.36. The van der Waals surface area contributed by atoms with Crippen molar-refractivity contribution in [2.45, 2.75) is 70.9 Å². The van der Waals surface area contributed by atoms with Crippen molar-refractivity contribution in [3.05, 3.63) is 35.9 Å². The van der Waals surface area contributed by atoms with Crippen LogP contribution < -0.4 is 5.32 Å². The maximum Gasteiger partial charge on any atom is 0.408 e. The third-order valence-electron chi connectivity index (χ3n) is 4.36. The van der Waals surface area contributed by atoms with E-state index in [1.165, 1.54) is 6.42 Å². The van der Waals surface area contributed by atoms with Gasteiger partial charge in [0.05, 0.1) is 6.04 Å². The van der Waals surface area contributed by atoms with Crippen molar-refractivity contribution in [1.82, 2.24) is 5.32 Å². The third kappa shape index (κ3) is 5.99. The van der Waals surface area contributed by atoms with Crippen LogP contribution in [0.2, 0.25) is 0 Å². The summed E-state index contributed by atoms with van der Waals surface area (Å²) >= 11 is 0. The van der Waals surface area contributed by atoms with Gasteiger partial charge in [-0.25, -0.2) is 4.79 Å². The first kappa shape index (κ1) is 18.5. The predicted octanol–water partition coefficient (Wildman–Crippen LogP) is 4.79. The van der Waals surface area contributed by atoms with E-state index in [-0.39, 0.29) is 17.7 Å². The Labute approximate surface area is 145 Å². The molecule has 2 rings (SSSR count). The Balaban J connectivity index is 2.05. The van der Waals surface area contributed by atoms with Gasteiger partial charge in [0, 0.05) is 12.3 Å². The predicted molar refractivity (Wildman–Crippen MR) is 94.8 cm³/mol. The number of alkyl carbamates (subject to hydrolysis) is 1. The number of carbonyl (C=O) groups excluding carboxylic acids is 2. The number of rotatable bonds is 5. The number of carbonyl (C=O) groups is 2. The molecule has 1 saturated carbocycles. The Morgan fingerprint density at radius 1 is 1.12 bits per heavy atom. The lowest BCUT2D eigenvalue weighted by molar-refractivity contribution is -0.124. The highest BCUT2D eigenvalue weighted by atomic mass is 16.6. The maximum absolute atomic E-state index is 12.7. The molecule has 4 heteroatoms. The fraction of sp³-hybridized carbons (Fsp3) is 0.600. The van der Waals surface area contributed by atoms with Crippen molar-refractivity contribution in [2.24, 2.45) is 5.92 Å². The lowest BCUT2D eigenvalue weighted by Gasteiger charge is -2.26. The van der Waals surface area contributed by atoms with Crippen LogP contribution in [0.25, 0.3) is 0 Å². The Hall–Kier alpha value is -1.84. The monoisotopic (exact) mass is 331 g/mol. The van der Waals surface area contributed by atoms with Crippen molar-refractivity contribution < 1.29 is 14.3 Å². The molecule has 0 saturated heterocycles. The second kappa shape index (κ2) is 8.32. The van der Waals surface area contributed by atoms with Crippen LogP contribution in [0.15, 0.2) is 30.3 Å². The topological polar surface area (TPSA) is 55.4 Å². The summed E-state index contributed by atoms with van der Waals surface area (Å²) in [6.45, 7) is 5.49. The zero-order chi connectivity index (χ0) is 17.6. The number of hydrogen-bond donors (Lipinski definition) is 1. The summed E-state index contributed by atoms with van der Waals surface area (Å²) < 4.78 is 5.36. The fourth-order valence-corrected chi connectivity index (χ4v) is 3.18. The molecule has 1 amide bonds. The molecule has 1 unspecified atom stereocenters. The summed E-state index contributed by atoms with van der Waals surface area (Å²) in [5.74, 6) is 0.394. The Bertz CT molecular complexity index is 542. The molecule has 1 aromatic rings. The van der Waals surface area contributed by atoms with Crippen molar-refractivity contribution in [3.63, 3.8) is 0 Å². The minimum atomic E-state index is -0.557. The van der Waals surface area contributed by atoms with Gasteiger partial charge in [-0.3, -0.25) is 4.79 Å². The lowest BCUT2D eigenvalue weighted by atomic mass is 9.83. The van der Waals surface area contributed by atoms with E-state index >= 15 is 0 Å². The highest BCUT2D eigenvalue weighted by Crippen LogP contribution is 2.28. The SMILES string of the molecule is CC(C)(C)OC(=O)NC(CC(=O)C1CCCCC1)c1ccccc1. The van der Waals surface area contributed by atoms with Gasteiger partial charge in [-0.2, -0.15) is 0 Å². The van der Waals surface area contributed by atoms with Crippen LogP contribution in [-0.2, 0) is 9.53 Å². The van der Waals surface area contributed by atoms with E-state index < -0.39 is 11.7 Å². The smallest absolute Gasteiger partial charge is 0.408 e. The number of benzene rings is 1. The van der Waals surface area contributed by atoms with Crippen LogP contribution in [0, 0.1) is 5.92 Å². The highest BCUT2D eigenvalue weighted by molar-refractivity contribution is 5.82. The molecule has 24 heavy (non-hydrogen) atoms. The van der Waals surface area contributed by atoms with Crippen LogP contribution in [-0.4, -0.2) is 17.5 Å². The summed E-state index contributed by atoms with van der Waals surface area (Å²) in [4.78, 5) is 24.8. The number of ether oxygens (including phenoxy) is 1. The van der Waals surface area contributed by atoms with Crippen LogP contribution >= 0.6 is 0 Å². The van der Waals surface area contributed by atoms with Gasteiger partial charge < -0.3 is 10.1 Å². The second-order valence-corrected chi connectivity index (χ2v) is 7.61. The zero-order valence-electron chi connectivity index (χ0n) is 15.0. The molecule has 0 heterocycles. The molecule has 1 N–H and O–H groups in total. The minimum Gasteiger partial charge on any atom is -0.444 e. The number of nitrogens with one attached hydrogen (secondary N) is 1.